The van der Waals surface area contributed by atoms with E-state index in [-0.39, 0.29) is 5.41 Å². The van der Waals surface area contributed by atoms with Gasteiger partial charge >= 0.3 is 0 Å². The summed E-state index contributed by atoms with van der Waals surface area (Å²) in [5.41, 5.74) is 4.87. The second kappa shape index (κ2) is 9.32. The van der Waals surface area contributed by atoms with Crippen molar-refractivity contribution in [3.63, 3.8) is 0 Å². The topological polar surface area (TPSA) is 18.5 Å². The molecule has 0 saturated heterocycles. The predicted molar refractivity (Wildman–Crippen MR) is 132 cm³/mol. The van der Waals surface area contributed by atoms with Gasteiger partial charge in [-0.05, 0) is 78.6 Å². The smallest absolute Gasteiger partial charge is 0.127 e. The molecule has 4 rings (SSSR count). The van der Waals surface area contributed by atoms with Crippen LogP contribution in [0.2, 0.25) is 0 Å². The second-order valence-corrected chi connectivity index (χ2v) is 8.69. The average Bonchev–Trinajstić information content (AvgIpc) is 2.82. The van der Waals surface area contributed by atoms with Gasteiger partial charge in [-0.1, -0.05) is 74.9 Å². The molecule has 0 aliphatic heterocycles. The van der Waals surface area contributed by atoms with Crippen molar-refractivity contribution < 1.29 is 9.47 Å². The summed E-state index contributed by atoms with van der Waals surface area (Å²) in [7, 11) is 0. The molecule has 0 heterocycles. The van der Waals surface area contributed by atoms with Crippen LogP contribution < -0.4 is 9.47 Å². The predicted octanol–water partition coefficient (Wildman–Crippen LogP) is 8.47. The van der Waals surface area contributed by atoms with E-state index < -0.39 is 0 Å². The van der Waals surface area contributed by atoms with Crippen LogP contribution in [0.4, 0.5) is 0 Å². The minimum atomic E-state index is -0.135. The second-order valence-electron chi connectivity index (χ2n) is 8.69. The molecule has 4 aromatic carbocycles. The Balaban J connectivity index is 1.45. The SMILES string of the molecule is CCc1ccc(Oc2ccc(C(C)(C)c3ccc(Oc4ccc(C)cc4)cc3)cc2)cc1. The number of ether oxygens (including phenoxy) is 2. The zero-order valence-electron chi connectivity index (χ0n) is 19.3. The van der Waals surface area contributed by atoms with E-state index in [0.29, 0.717) is 0 Å². The van der Waals surface area contributed by atoms with E-state index in [1.165, 1.54) is 22.3 Å². The van der Waals surface area contributed by atoms with E-state index in [2.05, 4.69) is 76.2 Å². The summed E-state index contributed by atoms with van der Waals surface area (Å²) in [6.07, 6.45) is 1.03. The van der Waals surface area contributed by atoms with Crippen molar-refractivity contribution >= 4 is 0 Å². The Bertz CT molecular complexity index is 1140. The van der Waals surface area contributed by atoms with Gasteiger partial charge in [-0.2, -0.15) is 0 Å². The van der Waals surface area contributed by atoms with E-state index in [9.17, 15) is 0 Å². The minimum absolute atomic E-state index is 0.135. The van der Waals surface area contributed by atoms with Gasteiger partial charge in [-0.15, -0.1) is 0 Å². The Morgan fingerprint density at radius 1 is 0.531 bits per heavy atom. The Kier molecular flexibility index (Phi) is 6.32. The summed E-state index contributed by atoms with van der Waals surface area (Å²) in [5.74, 6) is 3.39. The Labute approximate surface area is 191 Å². The summed E-state index contributed by atoms with van der Waals surface area (Å²) in [5, 5.41) is 0. The highest BCUT2D eigenvalue weighted by molar-refractivity contribution is 5.43. The molecule has 4 aromatic rings. The fourth-order valence-electron chi connectivity index (χ4n) is 3.72. The molecule has 162 valence electrons. The third kappa shape index (κ3) is 5.03. The molecule has 0 bridgehead atoms. The lowest BCUT2D eigenvalue weighted by Crippen LogP contribution is -2.18. The van der Waals surface area contributed by atoms with Crippen LogP contribution in [-0.4, -0.2) is 0 Å². The van der Waals surface area contributed by atoms with Crippen LogP contribution in [0.15, 0.2) is 97.1 Å². The summed E-state index contributed by atoms with van der Waals surface area (Å²) < 4.78 is 12.0. The number of hydrogen-bond donors (Lipinski definition) is 0. The molecule has 0 unspecified atom stereocenters. The molecule has 0 N–H and O–H groups in total. The Hall–Kier alpha value is -3.52. The van der Waals surface area contributed by atoms with E-state index in [1.54, 1.807) is 0 Å². The first kappa shape index (κ1) is 21.7. The molecule has 2 heteroatoms. The molecule has 0 aromatic heterocycles. The molecule has 0 fully saturated rings. The fraction of sp³-hybridized carbons (Fsp3) is 0.200. The minimum Gasteiger partial charge on any atom is -0.457 e. The van der Waals surface area contributed by atoms with E-state index >= 15 is 0 Å². The monoisotopic (exact) mass is 422 g/mol. The van der Waals surface area contributed by atoms with Gasteiger partial charge in [-0.3, -0.25) is 0 Å². The zero-order valence-corrected chi connectivity index (χ0v) is 19.3. The van der Waals surface area contributed by atoms with Gasteiger partial charge in [-0.25, -0.2) is 0 Å². The summed E-state index contributed by atoms with van der Waals surface area (Å²) in [6.45, 7) is 8.70. The van der Waals surface area contributed by atoms with Gasteiger partial charge < -0.3 is 9.47 Å². The summed E-state index contributed by atoms with van der Waals surface area (Å²) in [4.78, 5) is 0. The van der Waals surface area contributed by atoms with Gasteiger partial charge in [0.2, 0.25) is 0 Å². The van der Waals surface area contributed by atoms with Crippen molar-refractivity contribution in [2.45, 2.75) is 39.5 Å². The van der Waals surface area contributed by atoms with Gasteiger partial charge in [0.05, 0.1) is 0 Å². The maximum Gasteiger partial charge on any atom is 0.127 e. The first-order valence-corrected chi connectivity index (χ1v) is 11.2. The lowest BCUT2D eigenvalue weighted by molar-refractivity contribution is 0.481. The average molecular weight is 423 g/mol. The van der Waals surface area contributed by atoms with Crippen molar-refractivity contribution in [1.82, 2.24) is 0 Å². The highest BCUT2D eigenvalue weighted by Crippen LogP contribution is 2.34. The van der Waals surface area contributed by atoms with Crippen molar-refractivity contribution in [2.75, 3.05) is 0 Å². The molecule has 0 saturated carbocycles. The summed E-state index contributed by atoms with van der Waals surface area (Å²) in [6, 6.07) is 33.1. The number of hydrogen-bond acceptors (Lipinski definition) is 2. The molecule has 0 amide bonds. The van der Waals surface area contributed by atoms with Crippen molar-refractivity contribution in [1.29, 1.82) is 0 Å². The van der Waals surface area contributed by atoms with Gasteiger partial charge in [0, 0.05) is 5.41 Å². The molecule has 32 heavy (non-hydrogen) atoms. The van der Waals surface area contributed by atoms with Gasteiger partial charge in [0.25, 0.3) is 0 Å². The highest BCUT2D eigenvalue weighted by atomic mass is 16.5. The van der Waals surface area contributed by atoms with Crippen molar-refractivity contribution in [3.8, 4) is 23.0 Å². The maximum absolute atomic E-state index is 6.01. The van der Waals surface area contributed by atoms with Crippen LogP contribution in [0.1, 0.15) is 43.0 Å². The Morgan fingerprint density at radius 3 is 1.25 bits per heavy atom. The van der Waals surface area contributed by atoms with Crippen molar-refractivity contribution in [2.24, 2.45) is 0 Å². The van der Waals surface area contributed by atoms with E-state index in [0.717, 1.165) is 29.4 Å². The van der Waals surface area contributed by atoms with Crippen LogP contribution in [-0.2, 0) is 11.8 Å². The molecular formula is C30H30O2. The van der Waals surface area contributed by atoms with E-state index in [4.69, 9.17) is 9.47 Å². The molecule has 0 spiro atoms. The number of aryl methyl sites for hydroxylation is 2. The standard InChI is InChI=1S/C30H30O2/c1-5-23-8-16-27(17-9-23)32-29-20-12-25(13-21-29)30(3,4)24-10-18-28(19-11-24)31-26-14-6-22(2)7-15-26/h6-21H,5H2,1-4H3. The van der Waals surface area contributed by atoms with Crippen LogP contribution in [0.5, 0.6) is 23.0 Å². The summed E-state index contributed by atoms with van der Waals surface area (Å²) >= 11 is 0. The molecule has 0 aliphatic rings. The number of benzene rings is 4. The third-order valence-corrected chi connectivity index (χ3v) is 5.98. The van der Waals surface area contributed by atoms with E-state index in [1.807, 2.05) is 48.5 Å². The lowest BCUT2D eigenvalue weighted by atomic mass is 9.78. The lowest BCUT2D eigenvalue weighted by Gasteiger charge is -2.26. The molecule has 0 atom stereocenters. The van der Waals surface area contributed by atoms with Gasteiger partial charge in [0.15, 0.2) is 0 Å². The zero-order chi connectivity index (χ0) is 22.6. The normalized spacial score (nSPS) is 11.2. The largest absolute Gasteiger partial charge is 0.457 e. The molecule has 0 radical (unpaired) electrons. The van der Waals surface area contributed by atoms with Crippen LogP contribution >= 0.6 is 0 Å². The fourth-order valence-corrected chi connectivity index (χ4v) is 3.72. The Morgan fingerprint density at radius 2 is 0.875 bits per heavy atom. The van der Waals surface area contributed by atoms with Crippen LogP contribution in [0.25, 0.3) is 0 Å². The highest BCUT2D eigenvalue weighted by Gasteiger charge is 2.23. The van der Waals surface area contributed by atoms with Gasteiger partial charge in [0.1, 0.15) is 23.0 Å². The maximum atomic E-state index is 6.01. The first-order chi connectivity index (χ1) is 15.4. The first-order valence-electron chi connectivity index (χ1n) is 11.2. The van der Waals surface area contributed by atoms with Crippen LogP contribution in [0, 0.1) is 6.92 Å². The van der Waals surface area contributed by atoms with Crippen molar-refractivity contribution in [3.05, 3.63) is 119 Å². The molecular weight excluding hydrogens is 392 g/mol. The molecule has 2 nitrogen and oxygen atoms in total. The quantitative estimate of drug-likeness (QED) is 0.297. The number of rotatable bonds is 7. The molecule has 0 aliphatic carbocycles. The third-order valence-electron chi connectivity index (χ3n) is 5.98. The van der Waals surface area contributed by atoms with Crippen LogP contribution in [0.3, 0.4) is 0 Å².